The number of guanidine groups is 1. The highest BCUT2D eigenvalue weighted by Crippen LogP contribution is 2.08. The second-order valence-corrected chi connectivity index (χ2v) is 9.70. The Labute approximate surface area is 248 Å². The summed E-state index contributed by atoms with van der Waals surface area (Å²) in [5.74, 6) is -5.66. The zero-order valence-corrected chi connectivity index (χ0v) is 23.6. The summed E-state index contributed by atoms with van der Waals surface area (Å²) in [6, 6.07) is 4.87. The van der Waals surface area contributed by atoms with Gasteiger partial charge >= 0.3 is 5.97 Å². The molecule has 1 aromatic rings. The normalized spacial score (nSPS) is 21.3. The molecular formula is C27H39N9O7. The lowest BCUT2D eigenvalue weighted by Crippen LogP contribution is -2.57. The molecule has 3 atom stereocenters. The predicted molar refractivity (Wildman–Crippen MR) is 156 cm³/mol. The number of aliphatic imine (C=N–C) groups is 1. The number of carboxylic acids is 1. The number of rotatable bonds is 11. The number of amides is 5. The molecule has 0 saturated carbocycles. The first-order valence-electron chi connectivity index (χ1n) is 13.7. The molecular weight excluding hydrogens is 562 g/mol. The van der Waals surface area contributed by atoms with Gasteiger partial charge in [-0.15, -0.1) is 0 Å². The van der Waals surface area contributed by atoms with E-state index in [1.165, 1.54) is 6.08 Å². The lowest BCUT2D eigenvalue weighted by Gasteiger charge is -2.25. The largest absolute Gasteiger partial charge is 0.481 e. The number of nitrogens with two attached hydrogens (primary N) is 3. The monoisotopic (exact) mass is 601 g/mol. The van der Waals surface area contributed by atoms with Crippen molar-refractivity contribution < 1.29 is 33.9 Å². The van der Waals surface area contributed by atoms with Gasteiger partial charge in [-0.3, -0.25) is 33.8 Å². The molecule has 0 bridgehead atoms. The fourth-order valence-corrected chi connectivity index (χ4v) is 4.07. The number of nitrogens with one attached hydrogen (secondary N) is 5. The molecule has 1 heterocycles. The number of unbranched alkanes of at least 4 members (excludes halogenated alkanes) is 1. The number of carboxylic acid groups (broad SMARTS) is 1. The van der Waals surface area contributed by atoms with Gasteiger partial charge in [0.15, 0.2) is 5.96 Å². The van der Waals surface area contributed by atoms with Gasteiger partial charge < -0.3 is 48.9 Å². The first-order chi connectivity index (χ1) is 20.5. The molecule has 0 spiro atoms. The SMILES string of the molecule is NCCCC[C@H]1NC(=O)[C@@H](Cc2ccccc2)NC(=O)/C(=C/CCN=C(N)N)NC(=O)CNC(=O)[C@@H](CC(=O)O)NC1=O. The van der Waals surface area contributed by atoms with Gasteiger partial charge in [0.1, 0.15) is 23.8 Å². The average molecular weight is 602 g/mol. The molecule has 43 heavy (non-hydrogen) atoms. The van der Waals surface area contributed by atoms with Crippen molar-refractivity contribution in [1.82, 2.24) is 26.6 Å². The van der Waals surface area contributed by atoms with Gasteiger partial charge in [0.05, 0.1) is 13.0 Å². The molecule has 1 aliphatic rings. The maximum Gasteiger partial charge on any atom is 0.305 e. The maximum atomic E-state index is 13.6. The van der Waals surface area contributed by atoms with Gasteiger partial charge in [-0.05, 0) is 37.8 Å². The number of carbonyl (C=O) groups is 6. The Kier molecular flexibility index (Phi) is 14.1. The molecule has 16 nitrogen and oxygen atoms in total. The summed E-state index contributed by atoms with van der Waals surface area (Å²) in [6.45, 7) is -0.221. The standard InChI is InChI=1S/C27H39N9O7/c28-11-5-4-9-18-25(42)36-20(14-22(38)39)23(40)32-15-21(37)33-17(10-6-12-31-27(29)30)24(41)35-19(26(43)34-18)13-16-7-2-1-3-8-16/h1-3,7-8,10,18-20H,4-6,9,11-15,28H2,(H,32,40)(H,33,37)(H,34,43)(H,35,41)(H,36,42)(H,38,39)(H4,29,30,31)/b17-10-/t18-,19-,20-/m1/s1. The fraction of sp³-hybridized carbons (Fsp3) is 0.444. The van der Waals surface area contributed by atoms with Crippen LogP contribution in [0, 0.1) is 0 Å². The first-order valence-corrected chi connectivity index (χ1v) is 13.7. The Bertz CT molecular complexity index is 1220. The van der Waals surface area contributed by atoms with Gasteiger partial charge in [0.25, 0.3) is 5.91 Å². The molecule has 1 aliphatic heterocycles. The van der Waals surface area contributed by atoms with Crippen LogP contribution in [0.5, 0.6) is 0 Å². The fourth-order valence-electron chi connectivity index (χ4n) is 4.07. The quantitative estimate of drug-likeness (QED) is 0.0539. The molecule has 1 fully saturated rings. The first kappa shape index (κ1) is 34.2. The molecule has 1 aromatic carbocycles. The molecule has 16 heteroatoms. The van der Waals surface area contributed by atoms with Crippen LogP contribution in [0.4, 0.5) is 0 Å². The van der Waals surface area contributed by atoms with Crippen molar-refractivity contribution >= 4 is 41.5 Å². The van der Waals surface area contributed by atoms with E-state index in [0.717, 1.165) is 0 Å². The number of aliphatic carboxylic acids is 1. The molecule has 1 saturated heterocycles. The highest BCUT2D eigenvalue weighted by molar-refractivity contribution is 6.02. The van der Waals surface area contributed by atoms with Crippen LogP contribution in [0.3, 0.4) is 0 Å². The minimum atomic E-state index is -1.55. The minimum Gasteiger partial charge on any atom is -0.481 e. The molecule has 0 unspecified atom stereocenters. The Morgan fingerprint density at radius 3 is 2.26 bits per heavy atom. The van der Waals surface area contributed by atoms with Crippen molar-refractivity contribution in [1.29, 1.82) is 0 Å². The topological polar surface area (TPSA) is 273 Å². The van der Waals surface area contributed by atoms with Crippen LogP contribution in [0.15, 0.2) is 47.1 Å². The van der Waals surface area contributed by atoms with Gasteiger partial charge in [0.2, 0.25) is 23.6 Å². The summed E-state index contributed by atoms with van der Waals surface area (Å²) in [4.78, 5) is 80.9. The summed E-state index contributed by atoms with van der Waals surface area (Å²) >= 11 is 0. The van der Waals surface area contributed by atoms with Crippen LogP contribution in [0.2, 0.25) is 0 Å². The van der Waals surface area contributed by atoms with Crippen molar-refractivity contribution in [3.8, 4) is 0 Å². The second kappa shape index (κ2) is 17.7. The number of nitrogens with zero attached hydrogens (tertiary/aromatic N) is 1. The van der Waals surface area contributed by atoms with E-state index in [9.17, 15) is 33.9 Å². The van der Waals surface area contributed by atoms with E-state index >= 15 is 0 Å². The van der Waals surface area contributed by atoms with Gasteiger partial charge in [-0.2, -0.15) is 0 Å². The van der Waals surface area contributed by atoms with E-state index in [0.29, 0.717) is 24.9 Å². The summed E-state index contributed by atoms with van der Waals surface area (Å²) in [6.07, 6.45) is 1.82. The van der Waals surface area contributed by atoms with Crippen LogP contribution >= 0.6 is 0 Å². The van der Waals surface area contributed by atoms with E-state index in [1.807, 2.05) is 0 Å². The lowest BCUT2D eigenvalue weighted by molar-refractivity contribution is -0.141. The Morgan fingerprint density at radius 2 is 1.60 bits per heavy atom. The molecule has 0 aromatic heterocycles. The summed E-state index contributed by atoms with van der Waals surface area (Å²) in [5, 5.41) is 21.6. The van der Waals surface area contributed by atoms with Crippen molar-refractivity contribution in [3.63, 3.8) is 0 Å². The van der Waals surface area contributed by atoms with E-state index in [-0.39, 0.29) is 37.5 Å². The summed E-state index contributed by atoms with van der Waals surface area (Å²) in [7, 11) is 0. The minimum absolute atomic E-state index is 0.0342. The van der Waals surface area contributed by atoms with Crippen LogP contribution in [-0.2, 0) is 35.2 Å². The van der Waals surface area contributed by atoms with Crippen LogP contribution in [-0.4, -0.2) is 84.3 Å². The zero-order chi connectivity index (χ0) is 31.8. The third-order valence-corrected chi connectivity index (χ3v) is 6.21. The van der Waals surface area contributed by atoms with E-state index in [2.05, 4.69) is 31.6 Å². The second-order valence-electron chi connectivity index (χ2n) is 9.70. The predicted octanol–water partition coefficient (Wildman–Crippen LogP) is -2.92. The Morgan fingerprint density at radius 1 is 0.930 bits per heavy atom. The van der Waals surface area contributed by atoms with Crippen LogP contribution in [0.25, 0.3) is 0 Å². The van der Waals surface area contributed by atoms with Crippen LogP contribution < -0.4 is 43.8 Å². The van der Waals surface area contributed by atoms with E-state index < -0.39 is 66.6 Å². The number of hydrogen-bond donors (Lipinski definition) is 9. The van der Waals surface area contributed by atoms with Crippen LogP contribution in [0.1, 0.15) is 37.7 Å². The number of carbonyl (C=O) groups excluding carboxylic acids is 5. The molecule has 234 valence electrons. The third kappa shape index (κ3) is 12.6. The Hall–Kier alpha value is -4.99. The smallest absolute Gasteiger partial charge is 0.305 e. The molecule has 2 rings (SSSR count). The van der Waals surface area contributed by atoms with Crippen molar-refractivity contribution in [2.24, 2.45) is 22.2 Å². The summed E-state index contributed by atoms with van der Waals surface area (Å²) < 4.78 is 0. The molecule has 0 aliphatic carbocycles. The van der Waals surface area contributed by atoms with Gasteiger partial charge in [-0.25, -0.2) is 0 Å². The van der Waals surface area contributed by atoms with Gasteiger partial charge in [0, 0.05) is 13.0 Å². The summed E-state index contributed by atoms with van der Waals surface area (Å²) in [5.41, 5.74) is 16.7. The number of hydrogen-bond acceptors (Lipinski definition) is 8. The average Bonchev–Trinajstić information content (AvgIpc) is 2.95. The van der Waals surface area contributed by atoms with Crippen molar-refractivity contribution in [2.75, 3.05) is 19.6 Å². The van der Waals surface area contributed by atoms with Crippen molar-refractivity contribution in [3.05, 3.63) is 47.7 Å². The molecule has 5 amide bonds. The highest BCUT2D eigenvalue weighted by Gasteiger charge is 2.32. The number of benzene rings is 1. The highest BCUT2D eigenvalue weighted by atomic mass is 16.4. The van der Waals surface area contributed by atoms with Crippen molar-refractivity contribution in [2.45, 2.75) is 56.7 Å². The lowest BCUT2D eigenvalue weighted by atomic mass is 10.0. The Balaban J connectivity index is 2.50. The van der Waals surface area contributed by atoms with Gasteiger partial charge in [-0.1, -0.05) is 36.4 Å². The maximum absolute atomic E-state index is 13.6. The molecule has 0 radical (unpaired) electrons. The molecule has 12 N–H and O–H groups in total. The van der Waals surface area contributed by atoms with E-state index in [1.54, 1.807) is 30.3 Å². The zero-order valence-electron chi connectivity index (χ0n) is 23.6. The van der Waals surface area contributed by atoms with E-state index in [4.69, 9.17) is 17.2 Å². The third-order valence-electron chi connectivity index (χ3n) is 6.21.